The number of hydrogen-bond donors (Lipinski definition) is 1. The van der Waals surface area contributed by atoms with Gasteiger partial charge in [-0.05, 0) is 43.5 Å². The quantitative estimate of drug-likeness (QED) is 0.602. The molecule has 27 heavy (non-hydrogen) atoms. The fraction of sp³-hybridized carbons (Fsp3) is 0.350. The van der Waals surface area contributed by atoms with Gasteiger partial charge in [-0.1, -0.05) is 43.8 Å². The highest BCUT2D eigenvalue weighted by Gasteiger charge is 2.22. The van der Waals surface area contributed by atoms with E-state index in [0.29, 0.717) is 22.7 Å². The first-order chi connectivity index (χ1) is 13.0. The Labute approximate surface area is 163 Å². The summed E-state index contributed by atoms with van der Waals surface area (Å²) in [5, 5.41) is 12.0. The molecule has 0 radical (unpaired) electrons. The Hall–Kier alpha value is -2.54. The van der Waals surface area contributed by atoms with E-state index in [-0.39, 0.29) is 11.2 Å². The van der Waals surface area contributed by atoms with Crippen LogP contribution in [0.1, 0.15) is 26.3 Å². The first-order valence-corrected chi connectivity index (χ1v) is 9.84. The van der Waals surface area contributed by atoms with Crippen LogP contribution in [0.4, 0.5) is 5.69 Å². The zero-order chi connectivity index (χ0) is 19.4. The summed E-state index contributed by atoms with van der Waals surface area (Å²) in [6.07, 6.45) is 1.62. The van der Waals surface area contributed by atoms with Gasteiger partial charge in [-0.15, -0.1) is 10.2 Å². The zero-order valence-corrected chi connectivity index (χ0v) is 16.8. The molecule has 0 aliphatic rings. The number of nitrogens with one attached hydrogen (secondary N) is 1. The van der Waals surface area contributed by atoms with Crippen molar-refractivity contribution in [3.8, 4) is 11.6 Å². The molecule has 6 nitrogen and oxygen atoms in total. The van der Waals surface area contributed by atoms with E-state index < -0.39 is 0 Å². The third kappa shape index (κ3) is 4.60. The largest absolute Gasteiger partial charge is 0.461 e. The molecule has 0 saturated carbocycles. The second kappa shape index (κ2) is 8.43. The van der Waals surface area contributed by atoms with Crippen molar-refractivity contribution in [2.24, 2.45) is 5.92 Å². The van der Waals surface area contributed by atoms with Gasteiger partial charge in [0.05, 0.1) is 11.5 Å². The molecular formula is C20H24N4O2S. The lowest BCUT2D eigenvalue weighted by Gasteiger charge is -2.15. The van der Waals surface area contributed by atoms with Gasteiger partial charge >= 0.3 is 0 Å². The highest BCUT2D eigenvalue weighted by atomic mass is 32.2. The third-order valence-corrected chi connectivity index (χ3v) is 5.14. The first-order valence-electron chi connectivity index (χ1n) is 8.96. The molecule has 2 aromatic heterocycles. The van der Waals surface area contributed by atoms with Crippen molar-refractivity contribution < 1.29 is 9.21 Å². The van der Waals surface area contributed by atoms with E-state index in [1.165, 1.54) is 11.8 Å². The normalized spacial score (nSPS) is 12.3. The number of aryl methyl sites for hydroxylation is 1. The number of carbonyl (C=O) groups is 1. The first kappa shape index (κ1) is 19.2. The number of para-hydroxylation sites is 1. The summed E-state index contributed by atoms with van der Waals surface area (Å²) in [6.45, 7) is 8.86. The third-order valence-electron chi connectivity index (χ3n) is 4.06. The van der Waals surface area contributed by atoms with Crippen LogP contribution in [0.3, 0.4) is 0 Å². The maximum absolute atomic E-state index is 12.6. The molecule has 1 atom stereocenters. The lowest BCUT2D eigenvalue weighted by atomic mass is 10.2. The van der Waals surface area contributed by atoms with Crippen molar-refractivity contribution in [3.05, 3.63) is 48.2 Å². The number of hydrogen-bond acceptors (Lipinski definition) is 5. The number of amides is 1. The Balaban J connectivity index is 1.78. The minimum Gasteiger partial charge on any atom is -0.461 e. The van der Waals surface area contributed by atoms with Gasteiger partial charge in [-0.25, -0.2) is 0 Å². The molecule has 1 amide bonds. The van der Waals surface area contributed by atoms with Crippen LogP contribution in [0.5, 0.6) is 0 Å². The molecule has 2 heterocycles. The molecule has 0 fully saturated rings. The van der Waals surface area contributed by atoms with Crippen molar-refractivity contribution in [1.82, 2.24) is 14.8 Å². The molecule has 3 aromatic rings. The standard InChI is InChI=1S/C20H24N4O2S/c1-13(2)12-24-18(17-10-7-11-26-17)22-23-20(24)27-15(4)19(25)21-16-9-6-5-8-14(16)3/h5-11,13,15H,12H2,1-4H3,(H,21,25). The Morgan fingerprint density at radius 3 is 2.63 bits per heavy atom. The molecule has 3 rings (SSSR count). The van der Waals surface area contributed by atoms with E-state index >= 15 is 0 Å². The van der Waals surface area contributed by atoms with Gasteiger partial charge in [0.1, 0.15) is 0 Å². The second-order valence-corrected chi connectivity index (χ2v) is 8.16. The van der Waals surface area contributed by atoms with Crippen molar-refractivity contribution in [1.29, 1.82) is 0 Å². The van der Waals surface area contributed by atoms with Crippen LogP contribution >= 0.6 is 11.8 Å². The van der Waals surface area contributed by atoms with Crippen LogP contribution in [0, 0.1) is 12.8 Å². The number of thioether (sulfide) groups is 1. The summed E-state index contributed by atoms with van der Waals surface area (Å²) in [5.41, 5.74) is 1.86. The minimum absolute atomic E-state index is 0.0621. The lowest BCUT2D eigenvalue weighted by molar-refractivity contribution is -0.115. The van der Waals surface area contributed by atoms with E-state index in [4.69, 9.17) is 4.42 Å². The van der Waals surface area contributed by atoms with Crippen molar-refractivity contribution in [3.63, 3.8) is 0 Å². The van der Waals surface area contributed by atoms with Gasteiger partial charge in [-0.3, -0.25) is 9.36 Å². The summed E-state index contributed by atoms with van der Waals surface area (Å²) >= 11 is 1.40. The zero-order valence-electron chi connectivity index (χ0n) is 16.0. The topological polar surface area (TPSA) is 73.0 Å². The monoisotopic (exact) mass is 384 g/mol. The van der Waals surface area contributed by atoms with Gasteiger partial charge in [0, 0.05) is 12.2 Å². The summed E-state index contributed by atoms with van der Waals surface area (Å²) in [5.74, 6) is 1.70. The minimum atomic E-state index is -0.316. The average molecular weight is 385 g/mol. The molecule has 0 aliphatic heterocycles. The highest BCUT2D eigenvalue weighted by molar-refractivity contribution is 8.00. The maximum Gasteiger partial charge on any atom is 0.237 e. The van der Waals surface area contributed by atoms with Crippen molar-refractivity contribution >= 4 is 23.4 Å². The van der Waals surface area contributed by atoms with E-state index in [2.05, 4.69) is 29.4 Å². The van der Waals surface area contributed by atoms with Crippen LogP contribution in [-0.2, 0) is 11.3 Å². The van der Waals surface area contributed by atoms with Crippen molar-refractivity contribution in [2.45, 2.75) is 44.6 Å². The number of furan rings is 1. The number of nitrogens with zero attached hydrogens (tertiary/aromatic N) is 3. The molecule has 0 aliphatic carbocycles. The fourth-order valence-electron chi connectivity index (χ4n) is 2.65. The Kier molecular flexibility index (Phi) is 6.01. The highest BCUT2D eigenvalue weighted by Crippen LogP contribution is 2.28. The average Bonchev–Trinajstić information content (AvgIpc) is 3.27. The molecule has 7 heteroatoms. The molecule has 1 unspecified atom stereocenters. The Morgan fingerprint density at radius 1 is 1.19 bits per heavy atom. The Morgan fingerprint density at radius 2 is 1.96 bits per heavy atom. The van der Waals surface area contributed by atoms with Crippen LogP contribution in [0.15, 0.2) is 52.2 Å². The number of benzene rings is 1. The predicted octanol–water partition coefficient (Wildman–Crippen LogP) is 4.62. The van der Waals surface area contributed by atoms with Crippen molar-refractivity contribution in [2.75, 3.05) is 5.32 Å². The molecule has 142 valence electrons. The SMILES string of the molecule is Cc1ccccc1NC(=O)C(C)Sc1nnc(-c2ccco2)n1CC(C)C. The van der Waals surface area contributed by atoms with Crippen LogP contribution in [-0.4, -0.2) is 25.9 Å². The summed E-state index contributed by atoms with van der Waals surface area (Å²) in [4.78, 5) is 12.6. The molecular weight excluding hydrogens is 360 g/mol. The molecule has 0 saturated heterocycles. The summed E-state index contributed by atoms with van der Waals surface area (Å²) < 4.78 is 7.51. The molecule has 0 bridgehead atoms. The molecule has 0 spiro atoms. The maximum atomic E-state index is 12.6. The van der Waals surface area contributed by atoms with E-state index in [1.54, 1.807) is 6.26 Å². The number of carbonyl (C=O) groups excluding carboxylic acids is 1. The number of aromatic nitrogens is 3. The number of rotatable bonds is 7. The lowest BCUT2D eigenvalue weighted by Crippen LogP contribution is -2.23. The summed E-state index contributed by atoms with van der Waals surface area (Å²) in [7, 11) is 0. The van der Waals surface area contributed by atoms with Gasteiger partial charge in [0.2, 0.25) is 5.91 Å². The van der Waals surface area contributed by atoms with E-state index in [1.807, 2.05) is 54.8 Å². The predicted molar refractivity (Wildman–Crippen MR) is 108 cm³/mol. The smallest absolute Gasteiger partial charge is 0.237 e. The van der Waals surface area contributed by atoms with Crippen LogP contribution in [0.2, 0.25) is 0 Å². The van der Waals surface area contributed by atoms with Gasteiger partial charge in [-0.2, -0.15) is 0 Å². The van der Waals surface area contributed by atoms with Gasteiger partial charge < -0.3 is 9.73 Å². The second-order valence-electron chi connectivity index (χ2n) is 6.85. The van der Waals surface area contributed by atoms with E-state index in [9.17, 15) is 4.79 Å². The van der Waals surface area contributed by atoms with Crippen LogP contribution in [0.25, 0.3) is 11.6 Å². The fourth-order valence-corrected chi connectivity index (χ4v) is 3.51. The van der Waals surface area contributed by atoms with E-state index in [0.717, 1.165) is 17.8 Å². The van der Waals surface area contributed by atoms with Gasteiger partial charge in [0.25, 0.3) is 0 Å². The molecule has 1 aromatic carbocycles. The van der Waals surface area contributed by atoms with Crippen LogP contribution < -0.4 is 5.32 Å². The molecule has 1 N–H and O–H groups in total. The summed E-state index contributed by atoms with van der Waals surface area (Å²) in [6, 6.07) is 11.4. The van der Waals surface area contributed by atoms with Gasteiger partial charge in [0.15, 0.2) is 16.7 Å². The number of anilines is 1. The Bertz CT molecular complexity index is 903.